The van der Waals surface area contributed by atoms with Crippen molar-refractivity contribution in [3.8, 4) is 67.1 Å². The van der Waals surface area contributed by atoms with Crippen molar-refractivity contribution >= 4 is 43.1 Å². The van der Waals surface area contributed by atoms with Crippen LogP contribution in [-0.4, -0.2) is 0 Å². The molecule has 1 heteroatoms. The average Bonchev–Trinajstić information content (AvgIpc) is 3.20. The molecule has 0 aromatic heterocycles. The molecule has 0 radical (unpaired) electrons. The topological polar surface area (TPSA) is 9.23 Å². The zero-order chi connectivity index (χ0) is 33.5. The molecule has 0 atom stereocenters. The molecule has 1 heterocycles. The Morgan fingerprint density at radius 3 is 1.49 bits per heavy atom. The standard InChI is InChI=1S/C50H30O/c1-3-10-31(11-4-1)36-28-37(30-38(29-36)41-25-20-33-14-9-16-43-42-15-7-8-17-46(42)51-50(41)49(33)43)40-24-19-35-21-26-44-39(32-12-5-2-6-13-32)23-18-34-22-27-45(40)48(35)47(34)44/h1-30H. The maximum absolute atomic E-state index is 6.82. The summed E-state index contributed by atoms with van der Waals surface area (Å²) in [6.07, 6.45) is 0. The zero-order valence-electron chi connectivity index (χ0n) is 27.7. The van der Waals surface area contributed by atoms with E-state index in [0.717, 1.165) is 33.6 Å². The molecule has 0 N–H and O–H groups in total. The fourth-order valence-electron chi connectivity index (χ4n) is 8.45. The van der Waals surface area contributed by atoms with E-state index in [1.165, 1.54) is 76.6 Å². The second-order valence-electron chi connectivity index (χ2n) is 13.6. The Hall–Kier alpha value is -6.70. The molecule has 51 heavy (non-hydrogen) atoms. The van der Waals surface area contributed by atoms with Crippen LogP contribution in [-0.2, 0) is 0 Å². The number of rotatable bonds is 4. The summed E-state index contributed by atoms with van der Waals surface area (Å²) in [6, 6.07) is 66.3. The highest BCUT2D eigenvalue weighted by atomic mass is 16.5. The molecule has 10 aromatic carbocycles. The lowest BCUT2D eigenvalue weighted by Crippen LogP contribution is -1.99. The van der Waals surface area contributed by atoms with Crippen LogP contribution in [0.15, 0.2) is 182 Å². The fraction of sp³-hybridized carbons (Fsp3) is 0. The van der Waals surface area contributed by atoms with E-state index in [-0.39, 0.29) is 0 Å². The summed E-state index contributed by atoms with van der Waals surface area (Å²) in [5, 5.41) is 10.1. The van der Waals surface area contributed by atoms with Gasteiger partial charge in [0.1, 0.15) is 11.5 Å². The molecular weight excluding hydrogens is 617 g/mol. The minimum absolute atomic E-state index is 0.894. The van der Waals surface area contributed by atoms with E-state index in [9.17, 15) is 0 Å². The van der Waals surface area contributed by atoms with Gasteiger partial charge in [-0.25, -0.2) is 0 Å². The lowest BCUT2D eigenvalue weighted by atomic mass is 9.85. The van der Waals surface area contributed by atoms with Gasteiger partial charge in [0, 0.05) is 16.5 Å². The third-order valence-electron chi connectivity index (χ3n) is 10.8. The van der Waals surface area contributed by atoms with E-state index in [2.05, 4.69) is 182 Å². The highest BCUT2D eigenvalue weighted by Crippen LogP contribution is 2.51. The molecule has 0 saturated heterocycles. The van der Waals surface area contributed by atoms with Crippen LogP contribution in [0.1, 0.15) is 0 Å². The SMILES string of the molecule is c1ccc(-c2cc(-c3ccc4cccc5c4c3Oc3ccccc3-5)cc(-c3ccc4ccc5c(-c6ccccc6)ccc6ccc3c4c65)c2)cc1. The lowest BCUT2D eigenvalue weighted by Gasteiger charge is -2.24. The molecule has 236 valence electrons. The quantitative estimate of drug-likeness (QED) is 0.173. The maximum atomic E-state index is 6.82. The van der Waals surface area contributed by atoms with E-state index in [1.807, 2.05) is 0 Å². The number of hydrogen-bond donors (Lipinski definition) is 0. The fourth-order valence-corrected chi connectivity index (χ4v) is 8.45. The second kappa shape index (κ2) is 10.9. The van der Waals surface area contributed by atoms with Crippen molar-refractivity contribution in [2.24, 2.45) is 0 Å². The summed E-state index contributed by atoms with van der Waals surface area (Å²) < 4.78 is 6.82. The molecule has 0 saturated carbocycles. The molecule has 1 nitrogen and oxygen atoms in total. The van der Waals surface area contributed by atoms with E-state index in [1.54, 1.807) is 0 Å². The smallest absolute Gasteiger partial charge is 0.143 e. The summed E-state index contributed by atoms with van der Waals surface area (Å²) in [7, 11) is 0. The number of para-hydroxylation sites is 1. The van der Waals surface area contributed by atoms with E-state index < -0.39 is 0 Å². The average molecular weight is 647 g/mol. The molecule has 0 fully saturated rings. The summed E-state index contributed by atoms with van der Waals surface area (Å²) in [4.78, 5) is 0. The van der Waals surface area contributed by atoms with Crippen molar-refractivity contribution in [2.45, 2.75) is 0 Å². The van der Waals surface area contributed by atoms with Gasteiger partial charge in [0.15, 0.2) is 0 Å². The first kappa shape index (κ1) is 28.2. The van der Waals surface area contributed by atoms with Crippen LogP contribution >= 0.6 is 0 Å². The maximum Gasteiger partial charge on any atom is 0.143 e. The van der Waals surface area contributed by atoms with Crippen molar-refractivity contribution in [3.63, 3.8) is 0 Å². The number of hydrogen-bond acceptors (Lipinski definition) is 1. The Labute approximate surface area is 296 Å². The minimum atomic E-state index is 0.894. The largest absolute Gasteiger partial charge is 0.455 e. The van der Waals surface area contributed by atoms with Gasteiger partial charge in [-0.05, 0) is 113 Å². The van der Waals surface area contributed by atoms with E-state index >= 15 is 0 Å². The van der Waals surface area contributed by atoms with Gasteiger partial charge in [0.05, 0.1) is 0 Å². The van der Waals surface area contributed by atoms with E-state index in [4.69, 9.17) is 4.74 Å². The van der Waals surface area contributed by atoms with Gasteiger partial charge >= 0.3 is 0 Å². The highest BCUT2D eigenvalue weighted by molar-refractivity contribution is 6.27. The van der Waals surface area contributed by atoms with Gasteiger partial charge in [-0.1, -0.05) is 152 Å². The van der Waals surface area contributed by atoms with Crippen LogP contribution < -0.4 is 4.74 Å². The molecule has 10 aromatic rings. The Morgan fingerprint density at radius 2 is 0.784 bits per heavy atom. The summed E-state index contributed by atoms with van der Waals surface area (Å²) >= 11 is 0. The molecule has 0 unspecified atom stereocenters. The third-order valence-corrected chi connectivity index (χ3v) is 10.8. The van der Waals surface area contributed by atoms with Gasteiger partial charge < -0.3 is 4.74 Å². The van der Waals surface area contributed by atoms with Crippen molar-refractivity contribution in [2.75, 3.05) is 0 Å². The van der Waals surface area contributed by atoms with Gasteiger partial charge in [0.25, 0.3) is 0 Å². The molecule has 1 aliphatic rings. The highest BCUT2D eigenvalue weighted by Gasteiger charge is 2.24. The number of ether oxygens (including phenoxy) is 1. The van der Waals surface area contributed by atoms with Crippen molar-refractivity contribution in [1.82, 2.24) is 0 Å². The summed E-state index contributed by atoms with van der Waals surface area (Å²) in [5.74, 6) is 1.81. The van der Waals surface area contributed by atoms with Crippen molar-refractivity contribution in [1.29, 1.82) is 0 Å². The summed E-state index contributed by atoms with van der Waals surface area (Å²) in [6.45, 7) is 0. The normalized spacial score (nSPS) is 12.1. The van der Waals surface area contributed by atoms with Gasteiger partial charge in [-0.3, -0.25) is 0 Å². The predicted molar refractivity (Wildman–Crippen MR) is 215 cm³/mol. The molecule has 0 aliphatic carbocycles. The van der Waals surface area contributed by atoms with Crippen LogP contribution in [0.5, 0.6) is 11.5 Å². The molecule has 0 amide bonds. The first-order valence-electron chi connectivity index (χ1n) is 17.6. The van der Waals surface area contributed by atoms with Crippen LogP contribution in [0.4, 0.5) is 0 Å². The van der Waals surface area contributed by atoms with Crippen LogP contribution in [0, 0.1) is 0 Å². The van der Waals surface area contributed by atoms with Crippen LogP contribution in [0.2, 0.25) is 0 Å². The first-order chi connectivity index (χ1) is 25.3. The number of fused-ring (bicyclic) bond motifs is 2. The van der Waals surface area contributed by atoms with Gasteiger partial charge in [-0.15, -0.1) is 0 Å². The monoisotopic (exact) mass is 646 g/mol. The molecule has 1 aliphatic heterocycles. The minimum Gasteiger partial charge on any atom is -0.455 e. The van der Waals surface area contributed by atoms with Gasteiger partial charge in [-0.2, -0.15) is 0 Å². The predicted octanol–water partition coefficient (Wildman–Crippen LogP) is 14.2. The Kier molecular flexibility index (Phi) is 6.02. The Balaban J connectivity index is 1.18. The molecule has 0 spiro atoms. The lowest BCUT2D eigenvalue weighted by molar-refractivity contribution is 0.489. The molecule has 0 bridgehead atoms. The van der Waals surface area contributed by atoms with Crippen molar-refractivity contribution in [3.05, 3.63) is 182 Å². The van der Waals surface area contributed by atoms with E-state index in [0.29, 0.717) is 0 Å². The van der Waals surface area contributed by atoms with Gasteiger partial charge in [0.2, 0.25) is 0 Å². The first-order valence-corrected chi connectivity index (χ1v) is 17.6. The van der Waals surface area contributed by atoms with Crippen LogP contribution in [0.3, 0.4) is 0 Å². The summed E-state index contributed by atoms with van der Waals surface area (Å²) in [5.41, 5.74) is 11.9. The third kappa shape index (κ3) is 4.28. The van der Waals surface area contributed by atoms with Crippen LogP contribution in [0.25, 0.3) is 98.7 Å². The Bertz CT molecular complexity index is 2970. The zero-order valence-corrected chi connectivity index (χ0v) is 27.7. The second-order valence-corrected chi connectivity index (χ2v) is 13.6. The number of benzene rings is 10. The Morgan fingerprint density at radius 1 is 0.275 bits per heavy atom. The molecule has 11 rings (SSSR count). The van der Waals surface area contributed by atoms with Crippen molar-refractivity contribution < 1.29 is 4.74 Å². The molecular formula is C50H30O.